The van der Waals surface area contributed by atoms with Gasteiger partial charge in [0, 0.05) is 19.2 Å². The number of hydrogen-bond acceptors (Lipinski definition) is 2. The van der Waals surface area contributed by atoms with Crippen LogP contribution >= 0.6 is 45.8 Å². The van der Waals surface area contributed by atoms with E-state index >= 15 is 0 Å². The molecule has 0 amide bonds. The summed E-state index contributed by atoms with van der Waals surface area (Å²) in [6.45, 7) is 3.17. The fourth-order valence-electron chi connectivity index (χ4n) is 1.15. The van der Waals surface area contributed by atoms with Crippen LogP contribution in [0.3, 0.4) is 0 Å². The molecule has 2 aromatic carbocycles. The highest BCUT2D eigenvalue weighted by Crippen LogP contribution is 2.10. The Balaban J connectivity index is 0.000000382. The Morgan fingerprint density at radius 1 is 0.880 bits per heavy atom. The lowest BCUT2D eigenvalue weighted by molar-refractivity contribution is 0.253. The van der Waals surface area contributed by atoms with E-state index in [4.69, 9.17) is 33.4 Å². The van der Waals surface area contributed by atoms with Crippen molar-refractivity contribution in [3.8, 4) is 24.2 Å². The molecule has 0 radical (unpaired) electrons. The Hall–Kier alpha value is -1.21. The average Bonchev–Trinajstić information content (AvgIpc) is 2.58. The van der Waals surface area contributed by atoms with Gasteiger partial charge in [-0.05, 0) is 85.0 Å². The molecule has 2 nitrogen and oxygen atoms in total. The van der Waals surface area contributed by atoms with Crippen LogP contribution < -0.4 is 0 Å². The molecule has 25 heavy (non-hydrogen) atoms. The first kappa shape index (κ1) is 23.8. The molecule has 5 heteroatoms. The van der Waals surface area contributed by atoms with Crippen molar-refractivity contribution in [1.82, 2.24) is 0 Å². The topological polar surface area (TPSA) is 40.5 Å². The zero-order valence-electron chi connectivity index (χ0n) is 13.9. The van der Waals surface area contributed by atoms with Crippen molar-refractivity contribution in [2.75, 3.05) is 0 Å². The summed E-state index contributed by atoms with van der Waals surface area (Å²) in [6, 6.07) is 14.9. The molecular formula is C20H19Cl2IO2. The van der Waals surface area contributed by atoms with Crippen LogP contribution in [0.25, 0.3) is 0 Å². The Morgan fingerprint density at radius 2 is 1.28 bits per heavy atom. The SMILES string of the molecule is C#C[C@@H](C)O.C[C@@H](O)C#Cc1ccc(Cl)cc1.Clc1ccc(I)cc1. The van der Waals surface area contributed by atoms with Crippen molar-refractivity contribution in [2.45, 2.75) is 26.1 Å². The van der Waals surface area contributed by atoms with Gasteiger partial charge in [0.25, 0.3) is 0 Å². The molecule has 0 aromatic heterocycles. The second-order valence-electron chi connectivity index (χ2n) is 4.73. The number of terminal acetylenes is 1. The fourth-order valence-corrected chi connectivity index (χ4v) is 1.76. The van der Waals surface area contributed by atoms with Gasteiger partial charge in [0.15, 0.2) is 0 Å². The van der Waals surface area contributed by atoms with Gasteiger partial charge in [-0.15, -0.1) is 6.42 Å². The molecule has 0 spiro atoms. The normalized spacial score (nSPS) is 11.1. The van der Waals surface area contributed by atoms with E-state index in [0.29, 0.717) is 5.02 Å². The first-order chi connectivity index (χ1) is 11.7. The van der Waals surface area contributed by atoms with Crippen LogP contribution in [-0.2, 0) is 0 Å². The second-order valence-corrected chi connectivity index (χ2v) is 6.85. The summed E-state index contributed by atoms with van der Waals surface area (Å²) < 4.78 is 1.21. The number of hydrogen-bond donors (Lipinski definition) is 2. The Morgan fingerprint density at radius 3 is 1.60 bits per heavy atom. The number of aliphatic hydroxyl groups excluding tert-OH is 2. The summed E-state index contributed by atoms with van der Waals surface area (Å²) in [6.07, 6.45) is 3.50. The fraction of sp³-hybridized carbons (Fsp3) is 0.200. The molecule has 2 rings (SSSR count). The van der Waals surface area contributed by atoms with Crippen LogP contribution in [0.5, 0.6) is 0 Å². The Kier molecular flexibility index (Phi) is 13.3. The predicted molar refractivity (Wildman–Crippen MR) is 115 cm³/mol. The molecule has 2 N–H and O–H groups in total. The molecule has 2 atom stereocenters. The summed E-state index contributed by atoms with van der Waals surface area (Å²) in [5.74, 6) is 7.54. The quantitative estimate of drug-likeness (QED) is 0.404. The molecule has 0 saturated heterocycles. The number of aliphatic hydroxyl groups is 2. The van der Waals surface area contributed by atoms with Crippen LogP contribution in [0.4, 0.5) is 0 Å². The maximum absolute atomic E-state index is 8.87. The molecule has 0 fully saturated rings. The summed E-state index contributed by atoms with van der Waals surface area (Å²) in [5, 5.41) is 18.5. The molecule has 0 aliphatic heterocycles. The second kappa shape index (κ2) is 14.0. The largest absolute Gasteiger partial charge is 0.381 e. The maximum Gasteiger partial charge on any atom is 0.112 e. The average molecular weight is 489 g/mol. The summed E-state index contributed by atoms with van der Waals surface area (Å²) in [4.78, 5) is 0. The van der Waals surface area contributed by atoms with Crippen LogP contribution in [0.1, 0.15) is 19.4 Å². The Labute approximate surface area is 173 Å². The molecule has 0 aliphatic rings. The van der Waals surface area contributed by atoms with Crippen LogP contribution in [-0.4, -0.2) is 22.4 Å². The minimum atomic E-state index is -0.588. The zero-order valence-corrected chi connectivity index (χ0v) is 17.5. The van der Waals surface area contributed by atoms with E-state index in [-0.39, 0.29) is 0 Å². The van der Waals surface area contributed by atoms with E-state index in [1.165, 1.54) is 3.57 Å². The first-order valence-corrected chi connectivity index (χ1v) is 9.08. The summed E-state index contributed by atoms with van der Waals surface area (Å²) >= 11 is 13.5. The van der Waals surface area contributed by atoms with E-state index in [2.05, 4.69) is 46.8 Å². The third-order valence-corrected chi connectivity index (χ3v) is 3.54. The smallest absolute Gasteiger partial charge is 0.112 e. The van der Waals surface area contributed by atoms with Crippen molar-refractivity contribution in [2.24, 2.45) is 0 Å². The lowest BCUT2D eigenvalue weighted by atomic mass is 10.2. The minimum Gasteiger partial charge on any atom is -0.381 e. The van der Waals surface area contributed by atoms with Gasteiger partial charge in [0.2, 0.25) is 0 Å². The predicted octanol–water partition coefficient (Wildman–Crippen LogP) is 5.02. The van der Waals surface area contributed by atoms with Crippen molar-refractivity contribution >= 4 is 45.8 Å². The highest BCUT2D eigenvalue weighted by Gasteiger charge is 1.88. The monoisotopic (exact) mass is 488 g/mol. The lowest BCUT2D eigenvalue weighted by Gasteiger charge is -1.91. The molecule has 132 valence electrons. The summed E-state index contributed by atoms with van der Waals surface area (Å²) in [7, 11) is 0. The van der Waals surface area contributed by atoms with Crippen molar-refractivity contribution < 1.29 is 10.2 Å². The van der Waals surface area contributed by atoms with E-state index in [0.717, 1.165) is 10.6 Å². The third kappa shape index (κ3) is 14.8. The highest BCUT2D eigenvalue weighted by molar-refractivity contribution is 14.1. The van der Waals surface area contributed by atoms with Gasteiger partial charge in [-0.3, -0.25) is 0 Å². The van der Waals surface area contributed by atoms with Gasteiger partial charge in [-0.25, -0.2) is 0 Å². The molecule has 0 bridgehead atoms. The van der Waals surface area contributed by atoms with Crippen molar-refractivity contribution in [3.05, 3.63) is 67.7 Å². The van der Waals surface area contributed by atoms with Crippen LogP contribution in [0, 0.1) is 27.8 Å². The standard InChI is InChI=1S/C10H9ClO.C6H4ClI.C4H6O/c1-8(12)2-3-9-4-6-10(11)7-5-9;7-5-1-3-6(8)4-2-5;1-3-4(2)5/h4-8,12H,1H3;1-4H;1,4-5H,2H3/t8-;;4-/m1.1/s1. The van der Waals surface area contributed by atoms with E-state index < -0.39 is 12.2 Å². The van der Waals surface area contributed by atoms with Crippen LogP contribution in [0.15, 0.2) is 48.5 Å². The van der Waals surface area contributed by atoms with Gasteiger partial charge in [0.1, 0.15) is 12.2 Å². The van der Waals surface area contributed by atoms with Crippen LogP contribution in [0.2, 0.25) is 10.0 Å². The molecule has 2 aromatic rings. The maximum atomic E-state index is 8.87. The molecule has 0 saturated carbocycles. The van der Waals surface area contributed by atoms with Crippen molar-refractivity contribution in [3.63, 3.8) is 0 Å². The van der Waals surface area contributed by atoms with Crippen molar-refractivity contribution in [1.29, 1.82) is 0 Å². The minimum absolute atomic E-state index is 0.583. The molecule has 0 unspecified atom stereocenters. The lowest BCUT2D eigenvalue weighted by Crippen LogP contribution is -1.92. The van der Waals surface area contributed by atoms with E-state index in [1.807, 2.05) is 36.4 Å². The highest BCUT2D eigenvalue weighted by atomic mass is 127. The number of halogens is 3. The van der Waals surface area contributed by atoms with E-state index in [1.54, 1.807) is 26.0 Å². The zero-order chi connectivity index (χ0) is 19.2. The van der Waals surface area contributed by atoms with E-state index in [9.17, 15) is 0 Å². The molecule has 0 aliphatic carbocycles. The summed E-state index contributed by atoms with van der Waals surface area (Å²) in [5.41, 5.74) is 0.861. The molecular weight excluding hydrogens is 470 g/mol. The van der Waals surface area contributed by atoms with Gasteiger partial charge in [-0.1, -0.05) is 41.0 Å². The van der Waals surface area contributed by atoms with Gasteiger partial charge < -0.3 is 10.2 Å². The molecule has 0 heterocycles. The van der Waals surface area contributed by atoms with Gasteiger partial charge >= 0.3 is 0 Å². The number of benzene rings is 2. The third-order valence-electron chi connectivity index (χ3n) is 2.31. The number of rotatable bonds is 0. The Bertz CT molecular complexity index is 686. The van der Waals surface area contributed by atoms with Gasteiger partial charge in [-0.2, -0.15) is 0 Å². The first-order valence-electron chi connectivity index (χ1n) is 7.25. The van der Waals surface area contributed by atoms with Gasteiger partial charge in [0.05, 0.1) is 0 Å².